The Morgan fingerprint density at radius 3 is 2.85 bits per heavy atom. The van der Waals surface area contributed by atoms with E-state index < -0.39 is 7.12 Å². The fourth-order valence-corrected chi connectivity index (χ4v) is 1.72. The van der Waals surface area contributed by atoms with Crippen LogP contribution in [0.1, 0.15) is 11.3 Å². The molecule has 1 rings (SSSR count). The van der Waals surface area contributed by atoms with Gasteiger partial charge >= 0.3 is 7.12 Å². The maximum absolute atomic E-state index is 11.2. The van der Waals surface area contributed by atoms with Gasteiger partial charge in [-0.3, -0.25) is 4.79 Å². The summed E-state index contributed by atoms with van der Waals surface area (Å²) in [4.78, 5) is 12.2. The van der Waals surface area contributed by atoms with E-state index in [1.807, 2.05) is 17.5 Å². The van der Waals surface area contributed by atoms with E-state index >= 15 is 0 Å². The van der Waals surface area contributed by atoms with Crippen molar-refractivity contribution >= 4 is 24.2 Å². The topological polar surface area (TPSA) is 57.5 Å². The van der Waals surface area contributed by atoms with Crippen LogP contribution in [0.15, 0.2) is 17.5 Å². The van der Waals surface area contributed by atoms with Gasteiger partial charge in [-0.15, -0.1) is 11.3 Å². The molecule has 2 N–H and O–H groups in total. The predicted octanol–water partition coefficient (Wildman–Crippen LogP) is 0.723. The highest BCUT2D eigenvalue weighted by molar-refractivity contribution is 7.10. The lowest BCUT2D eigenvalue weighted by Gasteiger charge is -1.97. The first-order chi connectivity index (χ1) is 6.18. The molecule has 0 amide bonds. The molecule has 0 atom stereocenters. The summed E-state index contributed by atoms with van der Waals surface area (Å²) in [5.74, 6) is 0.0514. The molecule has 0 spiro atoms. The summed E-state index contributed by atoms with van der Waals surface area (Å²) in [5.41, 5.74) is 0. The highest BCUT2D eigenvalue weighted by Crippen LogP contribution is 2.11. The molecule has 1 heterocycles. The van der Waals surface area contributed by atoms with Gasteiger partial charge in [0.1, 0.15) is 5.78 Å². The van der Waals surface area contributed by atoms with Crippen LogP contribution in [0, 0.1) is 0 Å². The molecule has 0 aliphatic rings. The van der Waals surface area contributed by atoms with Crippen molar-refractivity contribution < 1.29 is 14.8 Å². The predicted molar refractivity (Wildman–Crippen MR) is 52.6 cm³/mol. The smallest absolute Gasteiger partial charge is 0.427 e. The Morgan fingerprint density at radius 1 is 1.54 bits per heavy atom. The maximum atomic E-state index is 11.2. The molecule has 0 bridgehead atoms. The summed E-state index contributed by atoms with van der Waals surface area (Å²) in [6, 6.07) is 3.80. The zero-order chi connectivity index (χ0) is 9.68. The van der Waals surface area contributed by atoms with Crippen molar-refractivity contribution in [1.82, 2.24) is 0 Å². The fraction of sp³-hybridized carbons (Fsp3) is 0.375. The van der Waals surface area contributed by atoms with Crippen molar-refractivity contribution in [2.24, 2.45) is 0 Å². The average molecular weight is 198 g/mol. The molecule has 0 radical (unpaired) electrons. The monoisotopic (exact) mass is 198 g/mol. The minimum absolute atomic E-state index is 0.0514. The molecule has 5 heteroatoms. The third-order valence-electron chi connectivity index (χ3n) is 1.63. The first-order valence-corrected chi connectivity index (χ1v) is 4.96. The maximum Gasteiger partial charge on any atom is 0.451 e. The fourth-order valence-electron chi connectivity index (χ4n) is 0.986. The molecule has 0 aliphatic heterocycles. The number of hydrogen-bond donors (Lipinski definition) is 2. The second-order valence-corrected chi connectivity index (χ2v) is 3.85. The van der Waals surface area contributed by atoms with E-state index in [2.05, 4.69) is 0 Å². The van der Waals surface area contributed by atoms with Gasteiger partial charge in [-0.1, -0.05) is 6.07 Å². The summed E-state index contributed by atoms with van der Waals surface area (Å²) in [6.45, 7) is 0. The van der Waals surface area contributed by atoms with Crippen LogP contribution in [0.2, 0.25) is 6.32 Å². The molecule has 1 aromatic heterocycles. The zero-order valence-corrected chi connectivity index (χ0v) is 7.96. The minimum Gasteiger partial charge on any atom is -0.427 e. The Balaban J connectivity index is 2.26. The van der Waals surface area contributed by atoms with Gasteiger partial charge in [0.05, 0.1) is 0 Å². The third-order valence-corrected chi connectivity index (χ3v) is 2.51. The zero-order valence-electron chi connectivity index (χ0n) is 7.14. The van der Waals surface area contributed by atoms with Crippen molar-refractivity contribution in [3.63, 3.8) is 0 Å². The van der Waals surface area contributed by atoms with E-state index in [0.29, 0.717) is 6.42 Å². The van der Waals surface area contributed by atoms with Gasteiger partial charge in [0, 0.05) is 17.7 Å². The van der Waals surface area contributed by atoms with Crippen LogP contribution >= 0.6 is 11.3 Å². The van der Waals surface area contributed by atoms with Crippen LogP contribution in [0.5, 0.6) is 0 Å². The summed E-state index contributed by atoms with van der Waals surface area (Å²) >= 11 is 1.54. The quantitative estimate of drug-likeness (QED) is 0.685. The lowest BCUT2D eigenvalue weighted by atomic mass is 9.83. The summed E-state index contributed by atoms with van der Waals surface area (Å²) in [5, 5.41) is 19.0. The highest BCUT2D eigenvalue weighted by Gasteiger charge is 2.10. The van der Waals surface area contributed by atoms with Gasteiger partial charge in [0.25, 0.3) is 0 Å². The molecule has 1 aromatic rings. The standard InChI is InChI=1S/C8H11BO3S/c10-7(3-4-9(11)12)6-8-2-1-5-13-8/h1-2,5,11-12H,3-4,6H2. The van der Waals surface area contributed by atoms with Crippen LogP contribution in [0.3, 0.4) is 0 Å². The minimum atomic E-state index is -1.37. The lowest BCUT2D eigenvalue weighted by molar-refractivity contribution is -0.118. The molecule has 0 saturated carbocycles. The average Bonchev–Trinajstić information content (AvgIpc) is 2.53. The molecular weight excluding hydrogens is 187 g/mol. The molecule has 0 unspecified atom stereocenters. The number of hydrogen-bond acceptors (Lipinski definition) is 4. The molecule has 0 aromatic carbocycles. The SMILES string of the molecule is O=C(CCB(O)O)Cc1cccs1. The van der Waals surface area contributed by atoms with Crippen LogP contribution in [-0.2, 0) is 11.2 Å². The molecule has 0 aliphatic carbocycles. The Hall–Kier alpha value is -0.645. The summed E-state index contributed by atoms with van der Waals surface area (Å²) in [7, 11) is -1.37. The number of carbonyl (C=O) groups is 1. The Labute approximate surface area is 81.2 Å². The van der Waals surface area contributed by atoms with Crippen LogP contribution in [-0.4, -0.2) is 22.9 Å². The Kier molecular flexibility index (Phi) is 4.15. The van der Waals surface area contributed by atoms with Gasteiger partial charge < -0.3 is 10.0 Å². The van der Waals surface area contributed by atoms with Crippen LogP contribution in [0.4, 0.5) is 0 Å². The van der Waals surface area contributed by atoms with Gasteiger partial charge in [0.15, 0.2) is 0 Å². The van der Waals surface area contributed by atoms with E-state index in [9.17, 15) is 4.79 Å². The largest absolute Gasteiger partial charge is 0.451 e. The number of rotatable bonds is 5. The van der Waals surface area contributed by atoms with Crippen molar-refractivity contribution in [2.45, 2.75) is 19.2 Å². The summed E-state index contributed by atoms with van der Waals surface area (Å²) < 4.78 is 0. The molecular formula is C8H11BO3S. The van der Waals surface area contributed by atoms with E-state index in [0.717, 1.165) is 4.88 Å². The number of Topliss-reactive ketones (excluding diaryl/α,β-unsaturated/α-hetero) is 1. The number of carbonyl (C=O) groups excluding carboxylic acids is 1. The highest BCUT2D eigenvalue weighted by atomic mass is 32.1. The molecule has 70 valence electrons. The van der Waals surface area contributed by atoms with E-state index in [1.165, 1.54) is 11.3 Å². The molecule has 3 nitrogen and oxygen atoms in total. The first-order valence-electron chi connectivity index (χ1n) is 4.08. The van der Waals surface area contributed by atoms with Crippen molar-refractivity contribution in [2.75, 3.05) is 0 Å². The summed E-state index contributed by atoms with van der Waals surface area (Å²) in [6.07, 6.45) is 0.768. The van der Waals surface area contributed by atoms with Crippen molar-refractivity contribution in [1.29, 1.82) is 0 Å². The molecule has 0 saturated heterocycles. The van der Waals surface area contributed by atoms with Gasteiger partial charge in [-0.25, -0.2) is 0 Å². The molecule has 0 fully saturated rings. The second kappa shape index (κ2) is 5.16. The third kappa shape index (κ3) is 4.21. The van der Waals surface area contributed by atoms with Gasteiger partial charge in [-0.05, 0) is 17.8 Å². The van der Waals surface area contributed by atoms with E-state index in [1.54, 1.807) is 0 Å². The lowest BCUT2D eigenvalue weighted by Crippen LogP contribution is -2.13. The van der Waals surface area contributed by atoms with Crippen LogP contribution < -0.4 is 0 Å². The van der Waals surface area contributed by atoms with Crippen LogP contribution in [0.25, 0.3) is 0 Å². The van der Waals surface area contributed by atoms with E-state index in [-0.39, 0.29) is 18.5 Å². The Morgan fingerprint density at radius 2 is 2.31 bits per heavy atom. The van der Waals surface area contributed by atoms with E-state index in [4.69, 9.17) is 10.0 Å². The number of thiophene rings is 1. The van der Waals surface area contributed by atoms with Gasteiger partial charge in [0.2, 0.25) is 0 Å². The van der Waals surface area contributed by atoms with Crippen molar-refractivity contribution in [3.05, 3.63) is 22.4 Å². The molecule has 13 heavy (non-hydrogen) atoms. The number of ketones is 1. The first kappa shape index (κ1) is 10.4. The Bertz CT molecular complexity index is 258. The van der Waals surface area contributed by atoms with Crippen molar-refractivity contribution in [3.8, 4) is 0 Å². The second-order valence-electron chi connectivity index (χ2n) is 2.81. The van der Waals surface area contributed by atoms with Gasteiger partial charge in [-0.2, -0.15) is 0 Å². The normalized spacial score (nSPS) is 10.0.